The quantitative estimate of drug-likeness (QED) is 0.889. The zero-order valence-electron chi connectivity index (χ0n) is 9.53. The molecule has 2 rings (SSSR count). The molecule has 1 aromatic carbocycles. The fraction of sp³-hybridized carbons (Fsp3) is 0.538. The van der Waals surface area contributed by atoms with E-state index in [0.717, 1.165) is 6.07 Å². The summed E-state index contributed by atoms with van der Waals surface area (Å²) in [5.41, 5.74) is 0.0653. The van der Waals surface area contributed by atoms with Crippen molar-refractivity contribution in [1.29, 1.82) is 0 Å². The summed E-state index contributed by atoms with van der Waals surface area (Å²) in [4.78, 5) is 0. The number of rotatable bonds is 4. The lowest BCUT2D eigenvalue weighted by atomic mass is 10.1. The lowest BCUT2D eigenvalue weighted by Crippen LogP contribution is -2.07. The largest absolute Gasteiger partial charge is 0.387 e. The summed E-state index contributed by atoms with van der Waals surface area (Å²) in [7, 11) is 0. The average Bonchev–Trinajstić information content (AvgIpc) is 2.82. The van der Waals surface area contributed by atoms with Gasteiger partial charge in [-0.15, -0.1) is 0 Å². The van der Waals surface area contributed by atoms with Gasteiger partial charge in [0.25, 0.3) is 0 Å². The summed E-state index contributed by atoms with van der Waals surface area (Å²) < 4.78 is 26.4. The van der Waals surface area contributed by atoms with E-state index < -0.39 is 17.7 Å². The van der Waals surface area contributed by atoms with Crippen molar-refractivity contribution >= 4 is 11.8 Å². The van der Waals surface area contributed by atoms with E-state index in [1.165, 1.54) is 37.8 Å². The van der Waals surface area contributed by atoms with Gasteiger partial charge >= 0.3 is 0 Å². The number of hydrogen-bond acceptors (Lipinski definition) is 2. The first kappa shape index (κ1) is 12.8. The number of hydrogen-bond donors (Lipinski definition) is 1. The highest BCUT2D eigenvalue weighted by molar-refractivity contribution is 7.99. The Hall–Kier alpha value is -0.610. The molecule has 4 heteroatoms. The van der Waals surface area contributed by atoms with E-state index in [1.54, 1.807) is 11.8 Å². The first-order valence-electron chi connectivity index (χ1n) is 5.92. The molecule has 1 aliphatic rings. The van der Waals surface area contributed by atoms with Crippen LogP contribution in [0.2, 0.25) is 0 Å². The van der Waals surface area contributed by atoms with Crippen LogP contribution in [0.1, 0.15) is 37.4 Å². The van der Waals surface area contributed by atoms with Crippen molar-refractivity contribution in [2.45, 2.75) is 37.0 Å². The second-order valence-electron chi connectivity index (χ2n) is 4.40. The van der Waals surface area contributed by atoms with Crippen LogP contribution < -0.4 is 0 Å². The van der Waals surface area contributed by atoms with Gasteiger partial charge in [0.1, 0.15) is 0 Å². The van der Waals surface area contributed by atoms with Gasteiger partial charge in [0.2, 0.25) is 0 Å². The maximum absolute atomic E-state index is 13.4. The van der Waals surface area contributed by atoms with Crippen molar-refractivity contribution in [3.63, 3.8) is 0 Å². The molecule has 0 aliphatic heterocycles. The van der Waals surface area contributed by atoms with Gasteiger partial charge in [-0.05, 0) is 18.9 Å². The van der Waals surface area contributed by atoms with E-state index in [-0.39, 0.29) is 5.56 Å². The number of aliphatic hydroxyl groups excluding tert-OH is 1. The summed E-state index contributed by atoms with van der Waals surface area (Å²) in [5.74, 6) is -1.38. The minimum absolute atomic E-state index is 0.0653. The van der Waals surface area contributed by atoms with E-state index in [2.05, 4.69) is 0 Å². The Balaban J connectivity index is 1.94. The van der Waals surface area contributed by atoms with Crippen LogP contribution in [-0.4, -0.2) is 16.1 Å². The summed E-state index contributed by atoms with van der Waals surface area (Å²) in [6.07, 6.45) is 3.90. The summed E-state index contributed by atoms with van der Waals surface area (Å²) in [6.45, 7) is 0. The summed E-state index contributed by atoms with van der Waals surface area (Å²) in [5, 5.41) is 10.4. The Morgan fingerprint density at radius 1 is 1.29 bits per heavy atom. The minimum atomic E-state index is -0.924. The molecule has 1 aliphatic carbocycles. The molecule has 1 fully saturated rings. The fourth-order valence-electron chi connectivity index (χ4n) is 2.15. The van der Waals surface area contributed by atoms with Crippen molar-refractivity contribution in [3.05, 3.63) is 35.4 Å². The zero-order valence-corrected chi connectivity index (χ0v) is 10.4. The molecule has 1 N–H and O–H groups in total. The molecule has 1 aromatic rings. The third-order valence-electron chi connectivity index (χ3n) is 3.13. The highest BCUT2D eigenvalue weighted by Gasteiger charge is 2.20. The first-order valence-corrected chi connectivity index (χ1v) is 6.97. The molecule has 1 nitrogen and oxygen atoms in total. The zero-order chi connectivity index (χ0) is 12.3. The van der Waals surface area contributed by atoms with Gasteiger partial charge in [-0.25, -0.2) is 8.78 Å². The van der Waals surface area contributed by atoms with Crippen molar-refractivity contribution in [3.8, 4) is 0 Å². The van der Waals surface area contributed by atoms with Gasteiger partial charge in [-0.2, -0.15) is 11.8 Å². The molecule has 0 bridgehead atoms. The predicted molar refractivity (Wildman–Crippen MR) is 66.0 cm³/mol. The van der Waals surface area contributed by atoms with Crippen molar-refractivity contribution in [2.24, 2.45) is 0 Å². The van der Waals surface area contributed by atoms with Gasteiger partial charge in [0.05, 0.1) is 6.10 Å². The predicted octanol–water partition coefficient (Wildman–Crippen LogP) is 3.67. The molecule has 0 aromatic heterocycles. The molecule has 0 amide bonds. The van der Waals surface area contributed by atoms with E-state index in [0.29, 0.717) is 11.0 Å². The first-order chi connectivity index (χ1) is 8.18. The molecular formula is C13H16F2OS. The van der Waals surface area contributed by atoms with Crippen LogP contribution in [0.25, 0.3) is 0 Å². The second-order valence-corrected chi connectivity index (χ2v) is 5.73. The molecule has 94 valence electrons. The van der Waals surface area contributed by atoms with E-state index >= 15 is 0 Å². The van der Waals surface area contributed by atoms with E-state index in [4.69, 9.17) is 0 Å². The fourth-order valence-corrected chi connectivity index (χ4v) is 3.45. The Bertz CT molecular complexity index is 378. The maximum atomic E-state index is 13.4. The standard InChI is InChI=1S/C13H16F2OS/c14-11-7-3-6-10(13(11)15)12(16)8-17-9-4-1-2-5-9/h3,6-7,9,12,16H,1-2,4-5,8H2. The normalized spacial score (nSPS) is 18.5. The van der Waals surface area contributed by atoms with E-state index in [9.17, 15) is 13.9 Å². The number of halogens is 2. The molecule has 0 heterocycles. The van der Waals surface area contributed by atoms with Gasteiger partial charge < -0.3 is 5.11 Å². The van der Waals surface area contributed by atoms with Gasteiger partial charge in [0.15, 0.2) is 11.6 Å². The number of thioether (sulfide) groups is 1. The molecule has 0 radical (unpaired) electrons. The van der Waals surface area contributed by atoms with Crippen molar-refractivity contribution in [1.82, 2.24) is 0 Å². The van der Waals surface area contributed by atoms with Gasteiger partial charge in [0, 0.05) is 16.6 Å². The third-order valence-corrected chi connectivity index (χ3v) is 4.58. The highest BCUT2D eigenvalue weighted by atomic mass is 32.2. The number of aliphatic hydroxyl groups is 1. The van der Waals surface area contributed by atoms with E-state index in [1.807, 2.05) is 0 Å². The minimum Gasteiger partial charge on any atom is -0.387 e. The Morgan fingerprint density at radius 3 is 2.71 bits per heavy atom. The Kier molecular flexibility index (Phi) is 4.40. The lowest BCUT2D eigenvalue weighted by Gasteiger charge is -2.14. The smallest absolute Gasteiger partial charge is 0.164 e. The molecule has 17 heavy (non-hydrogen) atoms. The molecule has 0 saturated heterocycles. The van der Waals surface area contributed by atoms with Crippen molar-refractivity contribution < 1.29 is 13.9 Å². The van der Waals surface area contributed by atoms with Crippen LogP contribution in [0.4, 0.5) is 8.78 Å². The topological polar surface area (TPSA) is 20.2 Å². The van der Waals surface area contributed by atoms with Crippen LogP contribution in [0.3, 0.4) is 0 Å². The number of benzene rings is 1. The lowest BCUT2D eigenvalue weighted by molar-refractivity contribution is 0.197. The second kappa shape index (κ2) is 5.83. The SMILES string of the molecule is OC(CSC1CCCC1)c1cccc(F)c1F. The van der Waals surface area contributed by atoms with Crippen LogP contribution in [0.5, 0.6) is 0 Å². The summed E-state index contributed by atoms with van der Waals surface area (Å²) in [6, 6.07) is 3.94. The van der Waals surface area contributed by atoms with Crippen LogP contribution >= 0.6 is 11.8 Å². The Labute approximate surface area is 104 Å². The molecule has 1 unspecified atom stereocenters. The van der Waals surface area contributed by atoms with Crippen LogP contribution in [-0.2, 0) is 0 Å². The third kappa shape index (κ3) is 3.19. The van der Waals surface area contributed by atoms with Crippen LogP contribution in [0, 0.1) is 11.6 Å². The van der Waals surface area contributed by atoms with Crippen molar-refractivity contribution in [2.75, 3.05) is 5.75 Å². The summed E-state index contributed by atoms with van der Waals surface area (Å²) >= 11 is 1.66. The van der Waals surface area contributed by atoms with Crippen LogP contribution in [0.15, 0.2) is 18.2 Å². The Morgan fingerprint density at radius 2 is 2.00 bits per heavy atom. The highest BCUT2D eigenvalue weighted by Crippen LogP contribution is 2.32. The van der Waals surface area contributed by atoms with Gasteiger partial charge in [-0.3, -0.25) is 0 Å². The van der Waals surface area contributed by atoms with Gasteiger partial charge in [-0.1, -0.05) is 25.0 Å². The average molecular weight is 258 g/mol. The maximum Gasteiger partial charge on any atom is 0.164 e. The molecular weight excluding hydrogens is 242 g/mol. The molecule has 1 atom stereocenters. The molecule has 1 saturated carbocycles. The monoisotopic (exact) mass is 258 g/mol. The molecule has 0 spiro atoms.